The quantitative estimate of drug-likeness (QED) is 0.269. The summed E-state index contributed by atoms with van der Waals surface area (Å²) in [4.78, 5) is 11.2. The zero-order chi connectivity index (χ0) is 7.56. The van der Waals surface area contributed by atoms with Gasteiger partial charge in [-0.2, -0.15) is 5.10 Å². The maximum Gasteiger partial charge on any atom is 1.00 e. The molecule has 1 aromatic heterocycles. The van der Waals surface area contributed by atoms with E-state index in [2.05, 4.69) is 10.2 Å². The van der Waals surface area contributed by atoms with E-state index in [1.807, 2.05) is 0 Å². The van der Waals surface area contributed by atoms with Crippen LogP contribution in [0.15, 0.2) is 11.3 Å². The molecule has 0 bridgehead atoms. The Morgan fingerprint density at radius 2 is 2.33 bits per heavy atom. The molecule has 0 unspecified atom stereocenters. The van der Waals surface area contributed by atoms with Crippen molar-refractivity contribution in [3.8, 4) is 0 Å². The maximum atomic E-state index is 10.2. The van der Waals surface area contributed by atoms with Gasteiger partial charge < -0.3 is 24.0 Å². The molecule has 0 atom stereocenters. The predicted octanol–water partition coefficient (Wildman–Crippen LogP) is -2.56. The third kappa shape index (κ3) is 2.33. The van der Waals surface area contributed by atoms with Crippen LogP contribution in [-0.2, 0) is 4.79 Å². The van der Waals surface area contributed by atoms with Crippen LogP contribution in [0.5, 0.6) is 0 Å². The SMILES string of the molecule is [CH-]=Nn1ncc(C)c1[C-]=O.[CH3-].[Li+]. The molecule has 0 N–H and O–H groups in total. The van der Waals surface area contributed by atoms with Crippen molar-refractivity contribution in [2.45, 2.75) is 6.92 Å². The Bertz CT molecular complexity index is 270. The third-order valence-electron chi connectivity index (χ3n) is 1.14. The summed E-state index contributed by atoms with van der Waals surface area (Å²) in [6.45, 7) is 6.62. The van der Waals surface area contributed by atoms with E-state index in [4.69, 9.17) is 6.72 Å². The molecule has 12 heavy (non-hydrogen) atoms. The third-order valence-corrected chi connectivity index (χ3v) is 1.14. The first-order valence-corrected chi connectivity index (χ1v) is 2.63. The Hall–Kier alpha value is -0.853. The standard InChI is InChI=1S/C6H5N3O.CH3.Li/c1-5-3-8-9(7-2)6(5)4-10;;/h2-3H,1H3;1H3;/q-2;-1;+1. The van der Waals surface area contributed by atoms with E-state index in [-0.39, 0.29) is 32.0 Å². The van der Waals surface area contributed by atoms with E-state index >= 15 is 0 Å². The van der Waals surface area contributed by atoms with Crippen molar-refractivity contribution >= 4 is 13.0 Å². The van der Waals surface area contributed by atoms with Crippen LogP contribution in [0.4, 0.5) is 0 Å². The Morgan fingerprint density at radius 1 is 1.75 bits per heavy atom. The van der Waals surface area contributed by atoms with E-state index in [0.717, 1.165) is 4.79 Å². The summed E-state index contributed by atoms with van der Waals surface area (Å²) in [5, 5.41) is 6.87. The Kier molecular flexibility index (Phi) is 6.58. The smallest absolute Gasteiger partial charge is 0.417 e. The average molecular weight is 157 g/mol. The molecule has 1 heterocycles. The molecule has 0 saturated carbocycles. The Labute approximate surface area is 83.8 Å². The molecule has 0 aliphatic carbocycles. The topological polar surface area (TPSA) is 47.2 Å². The summed E-state index contributed by atoms with van der Waals surface area (Å²) in [6.07, 6.45) is 3.17. The van der Waals surface area contributed by atoms with Crippen LogP contribution in [0.3, 0.4) is 0 Å². The minimum absolute atomic E-state index is 0. The van der Waals surface area contributed by atoms with Crippen molar-refractivity contribution in [2.75, 3.05) is 0 Å². The van der Waals surface area contributed by atoms with Crippen molar-refractivity contribution in [1.82, 2.24) is 9.89 Å². The minimum Gasteiger partial charge on any atom is -0.417 e. The first kappa shape index (κ1) is 13.7. The van der Waals surface area contributed by atoms with Crippen LogP contribution in [-0.4, -0.2) is 22.9 Å². The molecule has 4 nitrogen and oxygen atoms in total. The van der Waals surface area contributed by atoms with Gasteiger partial charge in [-0.15, -0.1) is 12.5 Å². The van der Waals surface area contributed by atoms with Gasteiger partial charge in [0.05, 0.1) is 0 Å². The molecule has 0 saturated heterocycles. The second-order valence-corrected chi connectivity index (χ2v) is 1.78. The summed E-state index contributed by atoms with van der Waals surface area (Å²) in [7, 11) is 0. The first-order valence-electron chi connectivity index (χ1n) is 2.63. The average Bonchev–Trinajstić information content (AvgIpc) is 2.30. The van der Waals surface area contributed by atoms with E-state index in [0.29, 0.717) is 5.56 Å². The molecule has 0 radical (unpaired) electrons. The number of hydrogen-bond donors (Lipinski definition) is 0. The molecule has 1 rings (SSSR count). The van der Waals surface area contributed by atoms with Gasteiger partial charge in [-0.05, 0) is 11.9 Å². The van der Waals surface area contributed by atoms with Gasteiger partial charge in [-0.25, -0.2) is 4.79 Å². The summed E-state index contributed by atoms with van der Waals surface area (Å²) in [6, 6.07) is 0. The molecule has 0 amide bonds. The molecule has 0 spiro atoms. The molecule has 1 aromatic rings. The van der Waals surface area contributed by atoms with Crippen LogP contribution in [0.1, 0.15) is 11.3 Å². The van der Waals surface area contributed by atoms with E-state index in [1.54, 1.807) is 13.2 Å². The van der Waals surface area contributed by atoms with Gasteiger partial charge in [0.1, 0.15) is 0 Å². The number of nitrogens with zero attached hydrogens (tertiary/aromatic N) is 3. The van der Waals surface area contributed by atoms with Crippen LogP contribution in [0.2, 0.25) is 0 Å². The van der Waals surface area contributed by atoms with E-state index in [1.165, 1.54) is 6.20 Å². The molecule has 0 aliphatic rings. The zero-order valence-corrected chi connectivity index (χ0v) is 7.40. The van der Waals surface area contributed by atoms with Gasteiger partial charge in [0.2, 0.25) is 0 Å². The molecular weight excluding hydrogens is 149 g/mol. The van der Waals surface area contributed by atoms with Crippen LogP contribution < -0.4 is 18.9 Å². The van der Waals surface area contributed by atoms with Gasteiger partial charge >= 0.3 is 18.9 Å². The fourth-order valence-electron chi connectivity index (χ4n) is 0.627. The molecule has 5 heteroatoms. The molecule has 0 aliphatic heterocycles. The number of rotatable bonds is 2. The van der Waals surface area contributed by atoms with Crippen LogP contribution in [0.25, 0.3) is 0 Å². The largest absolute Gasteiger partial charge is 1.00 e. The fourth-order valence-corrected chi connectivity index (χ4v) is 0.627. The normalized spacial score (nSPS) is 7.75. The number of carbonyl (C=O) groups excluding carboxylic acids is 1. The molecule has 0 aromatic carbocycles. The second-order valence-electron chi connectivity index (χ2n) is 1.78. The minimum atomic E-state index is 0. The number of aryl methyl sites for hydroxylation is 1. The van der Waals surface area contributed by atoms with E-state index in [9.17, 15) is 4.79 Å². The van der Waals surface area contributed by atoms with Crippen LogP contribution >= 0.6 is 0 Å². The van der Waals surface area contributed by atoms with Crippen LogP contribution in [0, 0.1) is 14.4 Å². The van der Waals surface area contributed by atoms with Gasteiger partial charge in [0.25, 0.3) is 0 Å². The van der Waals surface area contributed by atoms with Crippen molar-refractivity contribution in [3.05, 3.63) is 24.9 Å². The van der Waals surface area contributed by atoms with Gasteiger partial charge in [-0.1, -0.05) is 0 Å². The maximum absolute atomic E-state index is 10.2. The van der Waals surface area contributed by atoms with Crippen molar-refractivity contribution < 1.29 is 23.7 Å². The molecular formula is C7H8LiN3O-2. The summed E-state index contributed by atoms with van der Waals surface area (Å²) in [5.41, 5.74) is 0.978. The molecule has 60 valence electrons. The van der Waals surface area contributed by atoms with Gasteiger partial charge in [0, 0.05) is 6.29 Å². The number of aromatic nitrogens is 2. The van der Waals surface area contributed by atoms with Crippen molar-refractivity contribution in [3.63, 3.8) is 0 Å². The van der Waals surface area contributed by atoms with Crippen molar-refractivity contribution in [2.24, 2.45) is 5.10 Å². The molecule has 0 fully saturated rings. The number of hydrogen-bond acceptors (Lipinski definition) is 3. The van der Waals surface area contributed by atoms with Gasteiger partial charge in [-0.3, -0.25) is 0 Å². The second kappa shape index (κ2) is 5.75. The van der Waals surface area contributed by atoms with Crippen molar-refractivity contribution in [1.29, 1.82) is 0 Å². The zero-order valence-electron chi connectivity index (χ0n) is 7.40. The Balaban J connectivity index is 0. The summed E-state index contributed by atoms with van der Waals surface area (Å²) < 4.78 is 0. The van der Waals surface area contributed by atoms with E-state index < -0.39 is 0 Å². The fraction of sp³-hybridized carbons (Fsp3) is 0.143. The summed E-state index contributed by atoms with van der Waals surface area (Å²) >= 11 is 0. The summed E-state index contributed by atoms with van der Waals surface area (Å²) in [5.74, 6) is 0. The predicted molar refractivity (Wildman–Crippen MR) is 42.1 cm³/mol. The first-order chi connectivity index (χ1) is 4.79. The Morgan fingerprint density at radius 3 is 2.67 bits per heavy atom. The van der Waals surface area contributed by atoms with Gasteiger partial charge in [0.15, 0.2) is 0 Å². The monoisotopic (exact) mass is 157 g/mol.